The first-order valence-electron chi connectivity index (χ1n) is 8.99. The second-order valence-corrected chi connectivity index (χ2v) is 7.42. The van der Waals surface area contributed by atoms with Gasteiger partial charge in [-0.1, -0.05) is 0 Å². The summed E-state index contributed by atoms with van der Waals surface area (Å²) in [5.41, 5.74) is 0. The summed E-state index contributed by atoms with van der Waals surface area (Å²) < 4.78 is 0. The average Bonchev–Trinajstić information content (AvgIpc) is 2.86. The number of amides is 3. The summed E-state index contributed by atoms with van der Waals surface area (Å²) in [6.45, 7) is 6.31. The van der Waals surface area contributed by atoms with E-state index in [-0.39, 0.29) is 23.9 Å². The molecule has 4 atom stereocenters. The van der Waals surface area contributed by atoms with Gasteiger partial charge in [-0.15, -0.1) is 0 Å². The smallest absolute Gasteiger partial charge is 0.405 e. The van der Waals surface area contributed by atoms with Crippen LogP contribution < -0.4 is 10.6 Å². The quantitative estimate of drug-likeness (QED) is 0.672. The van der Waals surface area contributed by atoms with Gasteiger partial charge in [0.1, 0.15) is 6.04 Å². The van der Waals surface area contributed by atoms with Crippen molar-refractivity contribution in [3.8, 4) is 0 Å². The summed E-state index contributed by atoms with van der Waals surface area (Å²) in [6, 6.07) is -0.0823. The van der Waals surface area contributed by atoms with E-state index in [0.29, 0.717) is 25.0 Å². The number of hydrogen-bond acceptors (Lipinski definition) is 4. The lowest BCUT2D eigenvalue weighted by Gasteiger charge is -2.44. The Labute approximate surface area is 148 Å². The molecule has 3 N–H and O–H groups in total. The third-order valence-electron chi connectivity index (χ3n) is 5.50. The second-order valence-electron chi connectivity index (χ2n) is 7.42. The number of carboxylic acid groups (broad SMARTS) is 1. The van der Waals surface area contributed by atoms with E-state index in [1.807, 2.05) is 0 Å². The van der Waals surface area contributed by atoms with Crippen LogP contribution in [0.1, 0.15) is 46.5 Å². The summed E-state index contributed by atoms with van der Waals surface area (Å²) in [7, 11) is 2.09. The molecular formula is C17H30N4O4. The molecule has 3 amide bonds. The zero-order valence-corrected chi connectivity index (χ0v) is 15.5. The van der Waals surface area contributed by atoms with E-state index in [0.717, 1.165) is 19.3 Å². The Bertz CT molecular complexity index is 525. The zero-order valence-electron chi connectivity index (χ0n) is 15.5. The number of hydrogen-bond donors (Lipinski definition) is 3. The van der Waals surface area contributed by atoms with Gasteiger partial charge in [-0.2, -0.15) is 0 Å². The normalized spacial score (nSPS) is 30.0. The van der Waals surface area contributed by atoms with E-state index in [2.05, 4.69) is 36.4 Å². The maximum Gasteiger partial charge on any atom is 0.405 e. The molecule has 0 unspecified atom stereocenters. The van der Waals surface area contributed by atoms with Crippen LogP contribution >= 0.6 is 0 Å². The number of carbonyl (C=O) groups excluding carboxylic acids is 2. The van der Waals surface area contributed by atoms with Crippen molar-refractivity contribution in [3.05, 3.63) is 0 Å². The molecule has 2 aliphatic rings. The molecule has 0 aromatic carbocycles. The molecule has 25 heavy (non-hydrogen) atoms. The van der Waals surface area contributed by atoms with Crippen LogP contribution in [0.4, 0.5) is 4.79 Å². The standard InChI is InChI=1S/C17H30N4O4/c1-10(2)20(4)12-5-6-15(14(9-12)18-11(3)22)21-8-7-13(16(21)23)19-17(24)25/h10,12-15,19H,5-9H2,1-4H3,(H,18,22)(H,24,25)/t12-,13+,14+,15+/m1/s1. The fraction of sp³-hybridized carbons (Fsp3) is 0.824. The largest absolute Gasteiger partial charge is 0.465 e. The lowest BCUT2D eigenvalue weighted by molar-refractivity contribution is -0.134. The van der Waals surface area contributed by atoms with Crippen molar-refractivity contribution in [2.45, 2.75) is 76.7 Å². The molecule has 8 nitrogen and oxygen atoms in total. The highest BCUT2D eigenvalue weighted by molar-refractivity contribution is 5.87. The summed E-state index contributed by atoms with van der Waals surface area (Å²) in [6.07, 6.45) is 1.85. The molecule has 0 aromatic heterocycles. The van der Waals surface area contributed by atoms with Crippen molar-refractivity contribution >= 4 is 17.9 Å². The van der Waals surface area contributed by atoms with Gasteiger partial charge in [0.15, 0.2) is 0 Å². The Morgan fingerprint density at radius 2 is 1.92 bits per heavy atom. The van der Waals surface area contributed by atoms with Crippen molar-refractivity contribution in [1.29, 1.82) is 0 Å². The monoisotopic (exact) mass is 354 g/mol. The van der Waals surface area contributed by atoms with E-state index in [4.69, 9.17) is 5.11 Å². The van der Waals surface area contributed by atoms with Gasteiger partial charge >= 0.3 is 6.09 Å². The van der Waals surface area contributed by atoms with Gasteiger partial charge in [0.05, 0.1) is 12.1 Å². The minimum Gasteiger partial charge on any atom is -0.465 e. The molecule has 0 bridgehead atoms. The van der Waals surface area contributed by atoms with Gasteiger partial charge in [-0.05, 0) is 46.6 Å². The van der Waals surface area contributed by atoms with Gasteiger partial charge < -0.3 is 25.5 Å². The minimum atomic E-state index is -1.18. The van der Waals surface area contributed by atoms with Gasteiger partial charge in [0.25, 0.3) is 0 Å². The SMILES string of the molecule is CC(=O)N[C@H]1C[C@H](N(C)C(C)C)CC[C@@H]1N1CC[C@H](NC(=O)O)C1=O. The summed E-state index contributed by atoms with van der Waals surface area (Å²) in [5.74, 6) is -0.284. The van der Waals surface area contributed by atoms with Crippen molar-refractivity contribution < 1.29 is 19.5 Å². The highest BCUT2D eigenvalue weighted by atomic mass is 16.4. The van der Waals surface area contributed by atoms with Crippen LogP contribution in [-0.4, -0.2) is 76.6 Å². The van der Waals surface area contributed by atoms with Crippen LogP contribution in [0.15, 0.2) is 0 Å². The Morgan fingerprint density at radius 1 is 1.24 bits per heavy atom. The van der Waals surface area contributed by atoms with Crippen molar-refractivity contribution in [2.75, 3.05) is 13.6 Å². The van der Waals surface area contributed by atoms with Gasteiger partial charge in [-0.25, -0.2) is 4.79 Å². The average molecular weight is 354 g/mol. The Hall–Kier alpha value is -1.83. The number of likely N-dealkylation sites (tertiary alicyclic amines) is 1. The summed E-state index contributed by atoms with van der Waals surface area (Å²) in [5, 5.41) is 14.2. The molecule has 0 aromatic rings. The minimum absolute atomic E-state index is 0.0752. The molecular weight excluding hydrogens is 324 g/mol. The molecule has 1 saturated carbocycles. The first-order valence-corrected chi connectivity index (χ1v) is 8.99. The lowest BCUT2D eigenvalue weighted by Crippen LogP contribution is -2.58. The third-order valence-corrected chi connectivity index (χ3v) is 5.50. The van der Waals surface area contributed by atoms with Crippen LogP contribution in [0.2, 0.25) is 0 Å². The Kier molecular flexibility index (Phi) is 6.26. The van der Waals surface area contributed by atoms with Gasteiger partial charge in [-0.3, -0.25) is 9.59 Å². The molecule has 1 heterocycles. The molecule has 1 aliphatic heterocycles. The third kappa shape index (κ3) is 4.62. The highest BCUT2D eigenvalue weighted by Crippen LogP contribution is 2.30. The summed E-state index contributed by atoms with van der Waals surface area (Å²) >= 11 is 0. The van der Waals surface area contributed by atoms with Crippen molar-refractivity contribution in [3.63, 3.8) is 0 Å². The predicted octanol–water partition coefficient (Wildman–Crippen LogP) is 0.621. The van der Waals surface area contributed by atoms with Crippen LogP contribution in [0.5, 0.6) is 0 Å². The first-order chi connectivity index (χ1) is 11.7. The molecule has 2 rings (SSSR count). The van der Waals surface area contributed by atoms with E-state index in [1.165, 1.54) is 6.92 Å². The fourth-order valence-electron chi connectivity index (χ4n) is 4.03. The summed E-state index contributed by atoms with van der Waals surface area (Å²) in [4.78, 5) is 39.1. The maximum atomic E-state index is 12.6. The first kappa shape index (κ1) is 19.5. The molecule has 0 spiro atoms. The van der Waals surface area contributed by atoms with Crippen LogP contribution in [-0.2, 0) is 9.59 Å². The van der Waals surface area contributed by atoms with E-state index in [1.54, 1.807) is 4.90 Å². The highest BCUT2D eigenvalue weighted by Gasteiger charge is 2.43. The van der Waals surface area contributed by atoms with Crippen LogP contribution in [0.3, 0.4) is 0 Å². The zero-order chi connectivity index (χ0) is 18.7. The van der Waals surface area contributed by atoms with E-state index in [9.17, 15) is 14.4 Å². The molecule has 1 saturated heterocycles. The fourth-order valence-corrected chi connectivity index (χ4v) is 4.03. The number of rotatable bonds is 5. The topological polar surface area (TPSA) is 102 Å². The van der Waals surface area contributed by atoms with E-state index >= 15 is 0 Å². The maximum absolute atomic E-state index is 12.6. The van der Waals surface area contributed by atoms with Crippen LogP contribution in [0.25, 0.3) is 0 Å². The number of nitrogens with zero attached hydrogens (tertiary/aromatic N) is 2. The molecule has 142 valence electrons. The second kappa shape index (κ2) is 8.03. The molecule has 2 fully saturated rings. The number of carbonyl (C=O) groups is 3. The molecule has 0 radical (unpaired) electrons. The van der Waals surface area contributed by atoms with Crippen molar-refractivity contribution in [2.24, 2.45) is 0 Å². The van der Waals surface area contributed by atoms with Gasteiger partial charge in [0, 0.05) is 25.6 Å². The molecule has 8 heteroatoms. The predicted molar refractivity (Wildman–Crippen MR) is 93.2 cm³/mol. The van der Waals surface area contributed by atoms with Crippen molar-refractivity contribution in [1.82, 2.24) is 20.4 Å². The Balaban J connectivity index is 2.09. The van der Waals surface area contributed by atoms with Gasteiger partial charge in [0.2, 0.25) is 11.8 Å². The van der Waals surface area contributed by atoms with Crippen LogP contribution in [0, 0.1) is 0 Å². The number of nitrogens with one attached hydrogen (secondary N) is 2. The molecule has 1 aliphatic carbocycles. The Morgan fingerprint density at radius 3 is 2.48 bits per heavy atom. The lowest BCUT2D eigenvalue weighted by atomic mass is 9.84. The van der Waals surface area contributed by atoms with E-state index < -0.39 is 12.1 Å².